The van der Waals surface area contributed by atoms with Gasteiger partial charge < -0.3 is 15.2 Å². The lowest BCUT2D eigenvalue weighted by atomic mass is 9.85. The number of anilines is 1. The predicted octanol–water partition coefficient (Wildman–Crippen LogP) is 5.79. The number of nitrogens with zero attached hydrogens (tertiary/aromatic N) is 1. The zero-order valence-corrected chi connectivity index (χ0v) is 19.4. The quantitative estimate of drug-likeness (QED) is 0.437. The number of nitrogens with one attached hydrogen (secondary N) is 1. The van der Waals surface area contributed by atoms with Crippen LogP contribution in [0.4, 0.5) is 5.82 Å². The number of hydrogen-bond acceptors (Lipinski definition) is 4. The van der Waals surface area contributed by atoms with Gasteiger partial charge >= 0.3 is 5.97 Å². The summed E-state index contributed by atoms with van der Waals surface area (Å²) in [5, 5.41) is 12.7. The number of aromatic nitrogens is 1. The van der Waals surface area contributed by atoms with Crippen molar-refractivity contribution >= 4 is 11.8 Å². The van der Waals surface area contributed by atoms with Crippen LogP contribution in [0.3, 0.4) is 0 Å². The van der Waals surface area contributed by atoms with Crippen LogP contribution in [0.25, 0.3) is 0 Å². The number of aliphatic carboxylic acids is 1. The molecule has 33 heavy (non-hydrogen) atoms. The van der Waals surface area contributed by atoms with Crippen molar-refractivity contribution in [3.8, 4) is 5.75 Å². The van der Waals surface area contributed by atoms with Gasteiger partial charge in [0.25, 0.3) is 0 Å². The molecule has 2 unspecified atom stereocenters. The molecule has 1 aliphatic rings. The van der Waals surface area contributed by atoms with Crippen LogP contribution in [-0.2, 0) is 17.6 Å². The van der Waals surface area contributed by atoms with Crippen molar-refractivity contribution in [2.75, 3.05) is 18.5 Å². The number of pyridine rings is 1. The van der Waals surface area contributed by atoms with Crippen molar-refractivity contribution in [2.45, 2.75) is 51.4 Å². The summed E-state index contributed by atoms with van der Waals surface area (Å²) >= 11 is 0. The van der Waals surface area contributed by atoms with Crippen LogP contribution < -0.4 is 10.1 Å². The summed E-state index contributed by atoms with van der Waals surface area (Å²) in [5.74, 6) is 1.20. The number of carboxylic acids is 1. The summed E-state index contributed by atoms with van der Waals surface area (Å²) in [7, 11) is 0. The van der Waals surface area contributed by atoms with Gasteiger partial charge in [-0.15, -0.1) is 0 Å². The number of carbonyl (C=O) groups is 1. The maximum atomic E-state index is 11.6. The minimum absolute atomic E-state index is 0.0177. The molecular formula is C28H32N2O3. The van der Waals surface area contributed by atoms with E-state index in [2.05, 4.69) is 54.5 Å². The molecule has 0 amide bonds. The molecule has 0 bridgehead atoms. The summed E-state index contributed by atoms with van der Waals surface area (Å²) in [4.78, 5) is 16.2. The minimum atomic E-state index is -0.752. The average Bonchev–Trinajstić information content (AvgIpc) is 2.93. The van der Waals surface area contributed by atoms with Crippen LogP contribution in [0.5, 0.6) is 5.75 Å². The zero-order chi connectivity index (χ0) is 23.2. The lowest BCUT2D eigenvalue weighted by molar-refractivity contribution is -0.137. The fraction of sp³-hybridized carbons (Fsp3) is 0.357. The minimum Gasteiger partial charge on any atom is -0.493 e. The van der Waals surface area contributed by atoms with E-state index in [1.165, 1.54) is 16.7 Å². The highest BCUT2D eigenvalue weighted by molar-refractivity contribution is 5.68. The number of fused-ring (bicyclic) bond motifs is 2. The first-order chi connectivity index (χ1) is 16.1. The van der Waals surface area contributed by atoms with Crippen LogP contribution in [0, 0.1) is 0 Å². The van der Waals surface area contributed by atoms with Gasteiger partial charge in [0, 0.05) is 24.6 Å². The van der Waals surface area contributed by atoms with Crippen molar-refractivity contribution in [3.05, 3.63) is 88.6 Å². The largest absolute Gasteiger partial charge is 0.493 e. The normalized spacial score (nSPS) is 16.9. The number of ether oxygens (including phenoxy) is 1. The highest BCUT2D eigenvalue weighted by Gasteiger charge is 2.29. The molecule has 1 heterocycles. The first kappa shape index (κ1) is 22.8. The molecule has 1 aromatic heterocycles. The van der Waals surface area contributed by atoms with E-state index in [1.807, 2.05) is 30.3 Å². The van der Waals surface area contributed by atoms with Gasteiger partial charge in [0.15, 0.2) is 0 Å². The summed E-state index contributed by atoms with van der Waals surface area (Å²) in [6.07, 6.45) is 2.56. The molecule has 5 nitrogen and oxygen atoms in total. The van der Waals surface area contributed by atoms with E-state index in [-0.39, 0.29) is 18.3 Å². The number of rotatable bonds is 9. The third kappa shape index (κ3) is 5.36. The zero-order valence-electron chi connectivity index (χ0n) is 19.4. The Morgan fingerprint density at radius 3 is 2.64 bits per heavy atom. The molecule has 0 spiro atoms. The van der Waals surface area contributed by atoms with Gasteiger partial charge in [-0.2, -0.15) is 0 Å². The second-order valence-electron chi connectivity index (χ2n) is 8.59. The first-order valence-corrected chi connectivity index (χ1v) is 11.8. The van der Waals surface area contributed by atoms with Gasteiger partial charge in [0.2, 0.25) is 0 Å². The molecular weight excluding hydrogens is 412 g/mol. The molecule has 4 rings (SSSR count). The van der Waals surface area contributed by atoms with Crippen LogP contribution >= 0.6 is 0 Å². The van der Waals surface area contributed by atoms with Crippen molar-refractivity contribution < 1.29 is 14.6 Å². The lowest BCUT2D eigenvalue weighted by Crippen LogP contribution is -2.09. The molecule has 0 saturated carbocycles. The summed E-state index contributed by atoms with van der Waals surface area (Å²) < 4.78 is 6.13. The standard InChI is InChI=1S/C28H32N2O3/c1-3-23-25-10-6-5-9-24(25)20(17-28(31)32)16-19-12-13-22(18-26(19)23)33-15-14-21-8-7-11-27(30-21)29-4-2/h5-13,18,20,23H,3-4,14-17H2,1-2H3,(H,29,30)(H,31,32). The van der Waals surface area contributed by atoms with E-state index in [0.29, 0.717) is 6.61 Å². The Hall–Kier alpha value is -3.34. The van der Waals surface area contributed by atoms with Crippen LogP contribution in [0.15, 0.2) is 60.7 Å². The van der Waals surface area contributed by atoms with E-state index in [4.69, 9.17) is 4.74 Å². The monoisotopic (exact) mass is 444 g/mol. The SMILES string of the molecule is CCNc1cccc(CCOc2ccc3c(c2)C(CC)c2ccccc2C(CC(=O)O)C3)n1. The highest BCUT2D eigenvalue weighted by atomic mass is 16.5. The molecule has 0 radical (unpaired) electrons. The van der Waals surface area contributed by atoms with E-state index in [9.17, 15) is 9.90 Å². The van der Waals surface area contributed by atoms with Crippen molar-refractivity contribution in [1.82, 2.24) is 4.98 Å². The molecule has 172 valence electrons. The highest BCUT2D eigenvalue weighted by Crippen LogP contribution is 2.42. The van der Waals surface area contributed by atoms with Crippen molar-refractivity contribution in [1.29, 1.82) is 0 Å². The molecule has 0 fully saturated rings. The van der Waals surface area contributed by atoms with Gasteiger partial charge in [-0.25, -0.2) is 4.98 Å². The van der Waals surface area contributed by atoms with Crippen molar-refractivity contribution in [3.63, 3.8) is 0 Å². The summed E-state index contributed by atoms with van der Waals surface area (Å²) in [6.45, 7) is 5.65. The lowest BCUT2D eigenvalue weighted by Gasteiger charge is -2.20. The third-order valence-corrected chi connectivity index (χ3v) is 6.39. The number of benzene rings is 2. The summed E-state index contributed by atoms with van der Waals surface area (Å²) in [5.41, 5.74) is 5.88. The molecule has 2 N–H and O–H groups in total. The van der Waals surface area contributed by atoms with E-state index >= 15 is 0 Å². The molecule has 0 saturated heterocycles. The smallest absolute Gasteiger partial charge is 0.303 e. The van der Waals surface area contributed by atoms with Crippen LogP contribution in [0.1, 0.15) is 66.5 Å². The Bertz CT molecular complexity index is 1110. The second-order valence-corrected chi connectivity index (χ2v) is 8.59. The van der Waals surface area contributed by atoms with Gasteiger partial charge in [-0.1, -0.05) is 43.3 Å². The fourth-order valence-electron chi connectivity index (χ4n) is 4.92. The van der Waals surface area contributed by atoms with E-state index in [0.717, 1.165) is 48.6 Å². The predicted molar refractivity (Wildman–Crippen MR) is 131 cm³/mol. The maximum absolute atomic E-state index is 11.6. The molecule has 5 heteroatoms. The number of hydrogen-bond donors (Lipinski definition) is 2. The van der Waals surface area contributed by atoms with E-state index in [1.54, 1.807) is 0 Å². The fourth-order valence-corrected chi connectivity index (χ4v) is 4.92. The molecule has 2 aromatic carbocycles. The Kier molecular flexibility index (Phi) is 7.28. The Labute approximate surface area is 195 Å². The first-order valence-electron chi connectivity index (χ1n) is 11.8. The van der Waals surface area contributed by atoms with Crippen molar-refractivity contribution in [2.24, 2.45) is 0 Å². The van der Waals surface area contributed by atoms with Gasteiger partial charge in [0.1, 0.15) is 11.6 Å². The molecule has 3 aromatic rings. The van der Waals surface area contributed by atoms with Crippen LogP contribution in [0.2, 0.25) is 0 Å². The molecule has 0 aliphatic heterocycles. The molecule has 2 atom stereocenters. The Morgan fingerprint density at radius 2 is 1.88 bits per heavy atom. The number of carboxylic acid groups (broad SMARTS) is 1. The average molecular weight is 445 g/mol. The summed E-state index contributed by atoms with van der Waals surface area (Å²) in [6, 6.07) is 20.6. The Morgan fingerprint density at radius 1 is 1.06 bits per heavy atom. The van der Waals surface area contributed by atoms with Gasteiger partial charge in [-0.3, -0.25) is 4.79 Å². The third-order valence-electron chi connectivity index (χ3n) is 6.39. The van der Waals surface area contributed by atoms with Crippen LogP contribution in [-0.4, -0.2) is 29.2 Å². The van der Waals surface area contributed by atoms with Gasteiger partial charge in [-0.05, 0) is 72.2 Å². The topological polar surface area (TPSA) is 71.5 Å². The van der Waals surface area contributed by atoms with Gasteiger partial charge in [0.05, 0.1) is 13.0 Å². The Balaban J connectivity index is 1.55. The maximum Gasteiger partial charge on any atom is 0.303 e. The second kappa shape index (κ2) is 10.5. The van der Waals surface area contributed by atoms with E-state index < -0.39 is 5.97 Å². The molecule has 1 aliphatic carbocycles.